The van der Waals surface area contributed by atoms with Gasteiger partial charge >= 0.3 is 0 Å². The number of hydrogen-bond acceptors (Lipinski definition) is 4. The Kier molecular flexibility index (Phi) is 2.36. The maximum Gasteiger partial charge on any atom is 0.265 e. The van der Waals surface area contributed by atoms with Gasteiger partial charge in [-0.3, -0.25) is 14.0 Å². The summed E-state index contributed by atoms with van der Waals surface area (Å²) in [5.74, 6) is 0. The molecule has 0 unspecified atom stereocenters. The molecule has 5 nitrogen and oxygen atoms in total. The Hall–Kier alpha value is -1.56. The topological polar surface area (TPSA) is 52.7 Å². The van der Waals surface area contributed by atoms with Gasteiger partial charge in [0.25, 0.3) is 5.56 Å². The lowest BCUT2D eigenvalue weighted by Crippen LogP contribution is -2.21. The molecule has 0 saturated carbocycles. The van der Waals surface area contributed by atoms with Crippen LogP contribution in [0, 0.1) is 0 Å². The summed E-state index contributed by atoms with van der Waals surface area (Å²) in [6.45, 7) is 3.98. The number of allylic oxidation sites excluding steroid dienone is 1. The van der Waals surface area contributed by atoms with Crippen LogP contribution in [0.3, 0.4) is 0 Å². The summed E-state index contributed by atoms with van der Waals surface area (Å²) in [5, 5.41) is 4.85. The van der Waals surface area contributed by atoms with Gasteiger partial charge in [-0.1, -0.05) is 6.08 Å². The molecule has 2 aromatic heterocycles. The molecule has 15 heavy (non-hydrogen) atoms. The van der Waals surface area contributed by atoms with Crippen LogP contribution in [-0.2, 0) is 13.6 Å². The molecular weight excluding hydrogens is 212 g/mol. The van der Waals surface area contributed by atoms with E-state index < -0.39 is 0 Å². The molecule has 6 heteroatoms. The predicted molar refractivity (Wildman–Crippen MR) is 60.2 cm³/mol. The van der Waals surface area contributed by atoms with E-state index in [4.69, 9.17) is 0 Å². The Balaban J connectivity index is 2.85. The fraction of sp³-hybridized carbons (Fsp3) is 0.222. The van der Waals surface area contributed by atoms with Crippen LogP contribution < -0.4 is 5.56 Å². The lowest BCUT2D eigenvalue weighted by Gasteiger charge is -2.05. The van der Waals surface area contributed by atoms with Gasteiger partial charge in [0.2, 0.25) is 0 Å². The highest BCUT2D eigenvalue weighted by Crippen LogP contribution is 2.08. The predicted octanol–water partition coefficient (Wildman–Crippen LogP) is 0.605. The molecule has 78 valence electrons. The van der Waals surface area contributed by atoms with E-state index in [2.05, 4.69) is 29.3 Å². The van der Waals surface area contributed by atoms with Gasteiger partial charge in [-0.05, 0) is 0 Å². The molecule has 0 atom stereocenters. The van der Waals surface area contributed by atoms with Crippen molar-refractivity contribution in [2.75, 3.05) is 0 Å². The van der Waals surface area contributed by atoms with E-state index in [1.807, 2.05) is 0 Å². The van der Waals surface area contributed by atoms with Crippen molar-refractivity contribution in [3.8, 4) is 0 Å². The van der Waals surface area contributed by atoms with Crippen molar-refractivity contribution >= 4 is 23.7 Å². The lowest BCUT2D eigenvalue weighted by atomic mass is 10.4. The van der Waals surface area contributed by atoms with Gasteiger partial charge in [0, 0.05) is 13.6 Å². The molecule has 0 saturated heterocycles. The zero-order valence-electron chi connectivity index (χ0n) is 8.21. The Labute approximate surface area is 91.5 Å². The van der Waals surface area contributed by atoms with E-state index in [0.717, 1.165) is 0 Å². The second kappa shape index (κ2) is 3.54. The summed E-state index contributed by atoms with van der Waals surface area (Å²) in [6, 6.07) is 0. The average Bonchev–Trinajstić information content (AvgIpc) is 2.55. The van der Waals surface area contributed by atoms with Gasteiger partial charge in [-0.2, -0.15) is 5.10 Å². The van der Waals surface area contributed by atoms with E-state index in [1.54, 1.807) is 17.8 Å². The van der Waals surface area contributed by atoms with Crippen LogP contribution in [0.4, 0.5) is 0 Å². The molecule has 0 radical (unpaired) electrons. The summed E-state index contributed by atoms with van der Waals surface area (Å²) < 4.78 is 2.99. The Morgan fingerprint density at radius 2 is 2.40 bits per heavy atom. The lowest BCUT2D eigenvalue weighted by molar-refractivity contribution is 0.666. The molecule has 2 aromatic rings. The van der Waals surface area contributed by atoms with Crippen LogP contribution in [0.1, 0.15) is 0 Å². The van der Waals surface area contributed by atoms with E-state index in [0.29, 0.717) is 22.7 Å². The quantitative estimate of drug-likeness (QED) is 0.460. The van der Waals surface area contributed by atoms with E-state index in [1.165, 1.54) is 10.8 Å². The summed E-state index contributed by atoms with van der Waals surface area (Å²) in [7, 11) is 1.74. The molecule has 0 aliphatic rings. The minimum absolute atomic E-state index is 0.141. The van der Waals surface area contributed by atoms with Gasteiger partial charge in [-0.25, -0.2) is 4.98 Å². The number of aryl methyl sites for hydroxylation is 1. The molecule has 0 amide bonds. The number of aromatic nitrogens is 4. The normalized spacial score (nSPS) is 10.8. The van der Waals surface area contributed by atoms with E-state index in [-0.39, 0.29) is 5.56 Å². The zero-order valence-corrected chi connectivity index (χ0v) is 9.11. The van der Waals surface area contributed by atoms with Crippen molar-refractivity contribution in [1.29, 1.82) is 0 Å². The van der Waals surface area contributed by atoms with Gasteiger partial charge in [0.05, 0.1) is 6.20 Å². The third-order valence-corrected chi connectivity index (χ3v) is 2.48. The van der Waals surface area contributed by atoms with Gasteiger partial charge in [-0.15, -0.1) is 19.2 Å². The molecular formula is C9H10N4OS. The van der Waals surface area contributed by atoms with Gasteiger partial charge in [0.15, 0.2) is 10.8 Å². The van der Waals surface area contributed by atoms with Crippen LogP contribution in [0.2, 0.25) is 0 Å². The fourth-order valence-corrected chi connectivity index (χ4v) is 1.67. The zero-order chi connectivity index (χ0) is 11.0. The number of nitrogens with zero attached hydrogens (tertiary/aromatic N) is 4. The molecule has 0 aliphatic carbocycles. The minimum Gasteiger partial charge on any atom is -0.283 e. The summed E-state index contributed by atoms with van der Waals surface area (Å²) in [4.78, 5) is 16.1. The Bertz CT molecular complexity index is 584. The van der Waals surface area contributed by atoms with Crippen molar-refractivity contribution in [2.24, 2.45) is 7.05 Å². The highest BCUT2D eigenvalue weighted by atomic mass is 32.1. The summed E-state index contributed by atoms with van der Waals surface area (Å²) in [6.07, 6.45) is 3.14. The molecule has 2 heterocycles. The van der Waals surface area contributed by atoms with Crippen LogP contribution in [0.5, 0.6) is 0 Å². The average molecular weight is 222 g/mol. The Morgan fingerprint density at radius 1 is 1.67 bits per heavy atom. The van der Waals surface area contributed by atoms with Crippen molar-refractivity contribution in [3.63, 3.8) is 0 Å². The third-order valence-electron chi connectivity index (χ3n) is 2.14. The number of rotatable bonds is 2. The second-order valence-corrected chi connectivity index (χ2v) is 3.52. The molecule has 0 aromatic carbocycles. The smallest absolute Gasteiger partial charge is 0.265 e. The maximum absolute atomic E-state index is 11.9. The van der Waals surface area contributed by atoms with E-state index in [9.17, 15) is 4.79 Å². The summed E-state index contributed by atoms with van der Waals surface area (Å²) >= 11 is 4.16. The minimum atomic E-state index is -0.141. The first kappa shape index (κ1) is 9.97. The first-order chi connectivity index (χ1) is 7.15. The highest BCUT2D eigenvalue weighted by Gasteiger charge is 2.10. The molecule has 0 fully saturated rings. The van der Waals surface area contributed by atoms with Gasteiger partial charge < -0.3 is 0 Å². The number of fused-ring (bicyclic) bond motifs is 1. The molecule has 0 bridgehead atoms. The molecule has 2 rings (SSSR count). The van der Waals surface area contributed by atoms with Crippen molar-refractivity contribution in [2.45, 2.75) is 11.7 Å². The summed E-state index contributed by atoms with van der Waals surface area (Å²) in [5.41, 5.74) is 0.406. The van der Waals surface area contributed by atoms with Crippen LogP contribution in [0.25, 0.3) is 11.0 Å². The largest absolute Gasteiger partial charge is 0.283 e. The SMILES string of the molecule is C=CCn1c(S)nc2c(cnn2C)c1=O. The molecule has 0 aliphatic heterocycles. The monoisotopic (exact) mass is 222 g/mol. The van der Waals surface area contributed by atoms with E-state index >= 15 is 0 Å². The van der Waals surface area contributed by atoms with Crippen LogP contribution in [0.15, 0.2) is 28.8 Å². The first-order valence-corrected chi connectivity index (χ1v) is 4.82. The maximum atomic E-state index is 11.9. The van der Waals surface area contributed by atoms with Crippen molar-refractivity contribution in [3.05, 3.63) is 29.2 Å². The highest BCUT2D eigenvalue weighted by molar-refractivity contribution is 7.80. The molecule has 0 N–H and O–H groups in total. The van der Waals surface area contributed by atoms with Crippen molar-refractivity contribution in [1.82, 2.24) is 19.3 Å². The third kappa shape index (κ3) is 1.46. The molecule has 0 spiro atoms. The standard InChI is InChI=1S/C9H10N4OS/c1-3-4-13-8(14)6-5-10-12(2)7(6)11-9(13)15/h3,5H,1,4H2,2H3,(H,11,15). The number of thiol groups is 1. The fourth-order valence-electron chi connectivity index (χ4n) is 1.40. The number of hydrogen-bond donors (Lipinski definition) is 1. The Morgan fingerprint density at radius 3 is 3.07 bits per heavy atom. The second-order valence-electron chi connectivity index (χ2n) is 3.12. The first-order valence-electron chi connectivity index (χ1n) is 4.37. The van der Waals surface area contributed by atoms with Crippen LogP contribution in [-0.4, -0.2) is 19.3 Å². The van der Waals surface area contributed by atoms with Crippen LogP contribution >= 0.6 is 12.6 Å². The van der Waals surface area contributed by atoms with Gasteiger partial charge in [0.1, 0.15) is 5.39 Å². The van der Waals surface area contributed by atoms with Crippen molar-refractivity contribution < 1.29 is 0 Å².